The predicted octanol–water partition coefficient (Wildman–Crippen LogP) is 2.29. The molecule has 0 N–H and O–H groups in total. The quantitative estimate of drug-likeness (QED) is 0.714. The minimum Gasteiger partial charge on any atom is -0.501 e. The molecule has 0 saturated heterocycles. The Kier molecular flexibility index (Phi) is 3.95. The molecule has 2 atom stereocenters. The highest BCUT2D eigenvalue weighted by molar-refractivity contribution is 5.83. The van der Waals surface area contributed by atoms with Gasteiger partial charge in [-0.25, -0.2) is 0 Å². The van der Waals surface area contributed by atoms with Crippen molar-refractivity contribution >= 4 is 5.78 Å². The smallest absolute Gasteiger partial charge is 0.140 e. The molecule has 0 aromatic carbocycles. The van der Waals surface area contributed by atoms with Crippen molar-refractivity contribution in [2.45, 2.75) is 20.3 Å². The summed E-state index contributed by atoms with van der Waals surface area (Å²) in [7, 11) is 3.22. The van der Waals surface area contributed by atoms with Gasteiger partial charge in [-0.05, 0) is 6.08 Å². The molecule has 3 heteroatoms. The Morgan fingerprint density at radius 1 is 1.40 bits per heavy atom. The number of hydrogen-bond donors (Lipinski definition) is 0. The summed E-state index contributed by atoms with van der Waals surface area (Å²) in [5.74, 6) is 1.71. The first-order valence-electron chi connectivity index (χ1n) is 5.18. The lowest BCUT2D eigenvalue weighted by Gasteiger charge is -2.25. The Balaban J connectivity index is 2.96. The van der Waals surface area contributed by atoms with Gasteiger partial charge in [-0.3, -0.25) is 4.79 Å². The maximum absolute atomic E-state index is 11.7. The van der Waals surface area contributed by atoms with Crippen LogP contribution in [-0.2, 0) is 14.3 Å². The molecule has 0 aromatic heterocycles. The van der Waals surface area contributed by atoms with Crippen LogP contribution in [0.4, 0.5) is 0 Å². The molecule has 0 amide bonds. The molecule has 0 bridgehead atoms. The van der Waals surface area contributed by atoms with Crippen molar-refractivity contribution in [3.8, 4) is 0 Å². The number of carbonyl (C=O) groups is 1. The molecular weight excluding hydrogens is 192 g/mol. The van der Waals surface area contributed by atoms with E-state index in [4.69, 9.17) is 9.47 Å². The highest BCUT2D eigenvalue weighted by atomic mass is 16.5. The van der Waals surface area contributed by atoms with E-state index in [-0.39, 0.29) is 17.6 Å². The molecule has 1 aliphatic carbocycles. The van der Waals surface area contributed by atoms with Crippen molar-refractivity contribution in [1.29, 1.82) is 0 Å². The number of ether oxygens (including phenoxy) is 2. The molecule has 0 spiro atoms. The summed E-state index contributed by atoms with van der Waals surface area (Å²) >= 11 is 0. The van der Waals surface area contributed by atoms with Crippen molar-refractivity contribution in [2.75, 3.05) is 14.2 Å². The molecule has 1 aliphatic rings. The zero-order chi connectivity index (χ0) is 11.4. The average Bonchev–Trinajstić information content (AvgIpc) is 2.28. The summed E-state index contributed by atoms with van der Waals surface area (Å²) < 4.78 is 10.4. The van der Waals surface area contributed by atoms with Crippen molar-refractivity contribution in [3.05, 3.63) is 23.7 Å². The van der Waals surface area contributed by atoms with E-state index in [1.165, 1.54) is 0 Å². The van der Waals surface area contributed by atoms with Gasteiger partial charge in [0.15, 0.2) is 0 Å². The summed E-state index contributed by atoms with van der Waals surface area (Å²) in [6, 6.07) is 0. The van der Waals surface area contributed by atoms with Gasteiger partial charge in [0.1, 0.15) is 17.3 Å². The zero-order valence-corrected chi connectivity index (χ0v) is 9.74. The fraction of sp³-hybridized carbons (Fsp3) is 0.583. The molecule has 3 nitrogen and oxygen atoms in total. The number of hydrogen-bond acceptors (Lipinski definition) is 3. The van der Waals surface area contributed by atoms with E-state index in [1.54, 1.807) is 14.2 Å². The Hall–Kier alpha value is -1.25. The van der Waals surface area contributed by atoms with Crippen LogP contribution in [0.1, 0.15) is 20.3 Å². The lowest BCUT2D eigenvalue weighted by Crippen LogP contribution is -2.25. The summed E-state index contributed by atoms with van der Waals surface area (Å²) in [5, 5.41) is 0. The van der Waals surface area contributed by atoms with Gasteiger partial charge in [0.25, 0.3) is 0 Å². The van der Waals surface area contributed by atoms with E-state index in [0.29, 0.717) is 12.2 Å². The fourth-order valence-corrected chi connectivity index (χ4v) is 1.80. The van der Waals surface area contributed by atoms with Crippen molar-refractivity contribution in [2.24, 2.45) is 11.8 Å². The molecule has 0 aromatic rings. The molecule has 1 rings (SSSR count). The second kappa shape index (κ2) is 5.01. The Bertz CT molecular complexity index is 302. The highest BCUT2D eigenvalue weighted by Crippen LogP contribution is 2.30. The minimum atomic E-state index is -0.120. The standard InChI is InChI=1S/C12H18O3/c1-5-11(13)10-6-9(14-3)7-12(15-4)8(10)2/h6-8,10H,5H2,1-4H3. The molecule has 15 heavy (non-hydrogen) atoms. The van der Waals surface area contributed by atoms with Crippen LogP contribution in [0.15, 0.2) is 23.7 Å². The Labute approximate surface area is 90.8 Å². The zero-order valence-electron chi connectivity index (χ0n) is 9.74. The fourth-order valence-electron chi connectivity index (χ4n) is 1.80. The van der Waals surface area contributed by atoms with Crippen LogP contribution < -0.4 is 0 Å². The van der Waals surface area contributed by atoms with E-state index < -0.39 is 0 Å². The van der Waals surface area contributed by atoms with Gasteiger partial charge in [-0.1, -0.05) is 13.8 Å². The van der Waals surface area contributed by atoms with Crippen LogP contribution in [0, 0.1) is 11.8 Å². The first-order chi connectivity index (χ1) is 7.13. The minimum absolute atomic E-state index is 0.0985. The third-order valence-electron chi connectivity index (χ3n) is 2.81. The van der Waals surface area contributed by atoms with Crippen molar-refractivity contribution < 1.29 is 14.3 Å². The van der Waals surface area contributed by atoms with E-state index in [9.17, 15) is 4.79 Å². The van der Waals surface area contributed by atoms with Crippen LogP contribution in [0.2, 0.25) is 0 Å². The van der Waals surface area contributed by atoms with Gasteiger partial charge in [0, 0.05) is 24.3 Å². The molecule has 0 fully saturated rings. The maximum Gasteiger partial charge on any atom is 0.140 e. The third-order valence-corrected chi connectivity index (χ3v) is 2.81. The molecule has 0 radical (unpaired) electrons. The summed E-state index contributed by atoms with van der Waals surface area (Å²) in [6.07, 6.45) is 4.25. The van der Waals surface area contributed by atoms with Crippen LogP contribution in [0.3, 0.4) is 0 Å². The number of methoxy groups -OCH3 is 2. The molecule has 0 heterocycles. The number of ketones is 1. The van der Waals surface area contributed by atoms with Gasteiger partial charge in [-0.2, -0.15) is 0 Å². The molecular formula is C12H18O3. The second-order valence-corrected chi connectivity index (χ2v) is 3.66. The number of carbonyl (C=O) groups excluding carboxylic acids is 1. The van der Waals surface area contributed by atoms with E-state index in [1.807, 2.05) is 26.0 Å². The molecule has 2 unspecified atom stereocenters. The van der Waals surface area contributed by atoms with Gasteiger partial charge in [-0.15, -0.1) is 0 Å². The lowest BCUT2D eigenvalue weighted by molar-refractivity contribution is -0.122. The van der Waals surface area contributed by atoms with Crippen LogP contribution in [-0.4, -0.2) is 20.0 Å². The average molecular weight is 210 g/mol. The first-order valence-corrected chi connectivity index (χ1v) is 5.18. The monoisotopic (exact) mass is 210 g/mol. The van der Waals surface area contributed by atoms with Crippen LogP contribution >= 0.6 is 0 Å². The summed E-state index contributed by atoms with van der Waals surface area (Å²) in [4.78, 5) is 11.7. The molecule has 84 valence electrons. The summed E-state index contributed by atoms with van der Waals surface area (Å²) in [6.45, 7) is 3.87. The topological polar surface area (TPSA) is 35.5 Å². The predicted molar refractivity (Wildman–Crippen MR) is 58.1 cm³/mol. The van der Waals surface area contributed by atoms with Crippen molar-refractivity contribution in [1.82, 2.24) is 0 Å². The molecule has 0 saturated carbocycles. The van der Waals surface area contributed by atoms with E-state index in [2.05, 4.69) is 0 Å². The maximum atomic E-state index is 11.7. The first kappa shape index (κ1) is 11.8. The highest BCUT2D eigenvalue weighted by Gasteiger charge is 2.29. The lowest BCUT2D eigenvalue weighted by atomic mass is 9.83. The van der Waals surface area contributed by atoms with Gasteiger partial charge in [0.2, 0.25) is 0 Å². The van der Waals surface area contributed by atoms with Gasteiger partial charge in [0.05, 0.1) is 14.2 Å². The second-order valence-electron chi connectivity index (χ2n) is 3.66. The normalized spacial score (nSPS) is 25.3. The third kappa shape index (κ3) is 2.41. The van der Waals surface area contributed by atoms with Crippen LogP contribution in [0.5, 0.6) is 0 Å². The number of allylic oxidation sites excluding steroid dienone is 3. The van der Waals surface area contributed by atoms with Gasteiger partial charge < -0.3 is 9.47 Å². The van der Waals surface area contributed by atoms with E-state index in [0.717, 1.165) is 5.76 Å². The van der Waals surface area contributed by atoms with Crippen molar-refractivity contribution in [3.63, 3.8) is 0 Å². The largest absolute Gasteiger partial charge is 0.501 e. The summed E-state index contributed by atoms with van der Waals surface area (Å²) in [5.41, 5.74) is 0. The van der Waals surface area contributed by atoms with Crippen LogP contribution in [0.25, 0.3) is 0 Å². The number of Topliss-reactive ketones (excluding diaryl/α,β-unsaturated/α-hetero) is 1. The van der Waals surface area contributed by atoms with Gasteiger partial charge >= 0.3 is 0 Å². The Morgan fingerprint density at radius 3 is 2.53 bits per heavy atom. The molecule has 0 aliphatic heterocycles. The Morgan fingerprint density at radius 2 is 2.07 bits per heavy atom. The number of rotatable bonds is 4. The van der Waals surface area contributed by atoms with E-state index >= 15 is 0 Å². The SMILES string of the molecule is CCC(=O)C1C=C(OC)C=C(OC)C1C.